The average molecular weight is 326 g/mol. The molecule has 0 bridgehead atoms. The molecule has 7 nitrogen and oxygen atoms in total. The SMILES string of the molecule is CCS(=O)(=O)N1CCO[C@]2(CCCN(c3ncccn3)C2)C1. The summed E-state index contributed by atoms with van der Waals surface area (Å²) in [5.41, 5.74) is -0.446. The van der Waals surface area contributed by atoms with E-state index in [1.807, 2.05) is 0 Å². The van der Waals surface area contributed by atoms with E-state index in [9.17, 15) is 8.42 Å². The highest BCUT2D eigenvalue weighted by Crippen LogP contribution is 2.31. The summed E-state index contributed by atoms with van der Waals surface area (Å²) in [4.78, 5) is 10.7. The number of aromatic nitrogens is 2. The van der Waals surface area contributed by atoms with E-state index in [4.69, 9.17) is 4.74 Å². The molecule has 2 saturated heterocycles. The lowest BCUT2D eigenvalue weighted by molar-refractivity contribution is -0.0951. The number of hydrogen-bond donors (Lipinski definition) is 0. The largest absolute Gasteiger partial charge is 0.370 e. The molecule has 2 fully saturated rings. The van der Waals surface area contributed by atoms with Gasteiger partial charge >= 0.3 is 0 Å². The highest BCUT2D eigenvalue weighted by molar-refractivity contribution is 7.89. The quantitative estimate of drug-likeness (QED) is 0.805. The molecule has 0 aliphatic carbocycles. The molecule has 8 heteroatoms. The van der Waals surface area contributed by atoms with Gasteiger partial charge in [0.15, 0.2) is 0 Å². The summed E-state index contributed by atoms with van der Waals surface area (Å²) < 4.78 is 31.9. The number of nitrogens with zero attached hydrogens (tertiary/aromatic N) is 4. The number of rotatable bonds is 3. The van der Waals surface area contributed by atoms with Crippen molar-refractivity contribution in [3.63, 3.8) is 0 Å². The van der Waals surface area contributed by atoms with Crippen molar-refractivity contribution in [1.29, 1.82) is 0 Å². The third-order valence-electron chi connectivity index (χ3n) is 4.35. The number of ether oxygens (including phenoxy) is 1. The Morgan fingerprint density at radius 3 is 2.77 bits per heavy atom. The summed E-state index contributed by atoms with van der Waals surface area (Å²) >= 11 is 0. The Bertz CT molecular complexity index is 606. The van der Waals surface area contributed by atoms with Gasteiger partial charge < -0.3 is 9.64 Å². The fourth-order valence-electron chi connectivity index (χ4n) is 3.20. The van der Waals surface area contributed by atoms with Crippen LogP contribution in [0.25, 0.3) is 0 Å². The van der Waals surface area contributed by atoms with Crippen molar-refractivity contribution in [2.45, 2.75) is 25.4 Å². The molecule has 0 radical (unpaired) electrons. The van der Waals surface area contributed by atoms with Gasteiger partial charge in [-0.2, -0.15) is 4.31 Å². The Balaban J connectivity index is 1.78. The standard InChI is InChI=1S/C14H22N4O3S/c1-2-22(19,20)18-9-10-21-14(12-18)5-3-8-17(11-14)13-15-6-4-7-16-13/h4,6-7H,2-3,5,8-12H2,1H3/t14-/m0/s1. The minimum absolute atomic E-state index is 0.134. The first-order valence-corrected chi connectivity index (χ1v) is 9.29. The number of morpholine rings is 1. The zero-order valence-corrected chi connectivity index (χ0v) is 13.6. The molecular formula is C14H22N4O3S. The van der Waals surface area contributed by atoms with E-state index in [1.54, 1.807) is 29.7 Å². The zero-order valence-electron chi connectivity index (χ0n) is 12.8. The summed E-state index contributed by atoms with van der Waals surface area (Å²) in [5.74, 6) is 0.815. The Kier molecular flexibility index (Phi) is 4.33. The Morgan fingerprint density at radius 1 is 1.27 bits per heavy atom. The Labute approximate surface area is 131 Å². The van der Waals surface area contributed by atoms with Crippen LogP contribution >= 0.6 is 0 Å². The normalized spacial score (nSPS) is 27.2. The van der Waals surface area contributed by atoms with Crippen LogP contribution in [0.1, 0.15) is 19.8 Å². The lowest BCUT2D eigenvalue weighted by Crippen LogP contribution is -2.61. The first-order valence-electron chi connectivity index (χ1n) is 7.68. The van der Waals surface area contributed by atoms with Crippen LogP contribution in [-0.2, 0) is 14.8 Å². The molecule has 1 aromatic rings. The second-order valence-corrected chi connectivity index (χ2v) is 8.10. The van der Waals surface area contributed by atoms with Gasteiger partial charge in [-0.25, -0.2) is 18.4 Å². The summed E-state index contributed by atoms with van der Waals surface area (Å²) in [5, 5.41) is 0. The second kappa shape index (κ2) is 6.10. The smallest absolute Gasteiger partial charge is 0.225 e. The molecule has 1 atom stereocenters. The maximum atomic E-state index is 12.2. The monoisotopic (exact) mass is 326 g/mol. The van der Waals surface area contributed by atoms with Crippen molar-refractivity contribution >= 4 is 16.0 Å². The number of hydrogen-bond acceptors (Lipinski definition) is 6. The third-order valence-corrected chi connectivity index (χ3v) is 6.17. The first-order chi connectivity index (χ1) is 10.5. The van der Waals surface area contributed by atoms with Crippen LogP contribution in [0, 0.1) is 0 Å². The number of piperidine rings is 1. The molecule has 3 rings (SSSR count). The van der Waals surface area contributed by atoms with E-state index < -0.39 is 15.6 Å². The minimum atomic E-state index is -3.18. The van der Waals surface area contributed by atoms with Crippen LogP contribution in [0.2, 0.25) is 0 Å². The van der Waals surface area contributed by atoms with Gasteiger partial charge in [0.05, 0.1) is 24.5 Å². The van der Waals surface area contributed by atoms with Crippen molar-refractivity contribution in [1.82, 2.24) is 14.3 Å². The molecule has 0 amide bonds. The van der Waals surface area contributed by atoms with Gasteiger partial charge in [0.25, 0.3) is 0 Å². The van der Waals surface area contributed by atoms with Crippen molar-refractivity contribution < 1.29 is 13.2 Å². The molecule has 22 heavy (non-hydrogen) atoms. The summed E-state index contributed by atoms with van der Waals surface area (Å²) in [6.07, 6.45) is 5.25. The van der Waals surface area contributed by atoms with E-state index in [-0.39, 0.29) is 5.75 Å². The molecule has 0 N–H and O–H groups in total. The van der Waals surface area contributed by atoms with E-state index >= 15 is 0 Å². The molecule has 2 aliphatic rings. The fourth-order valence-corrected chi connectivity index (χ4v) is 4.35. The lowest BCUT2D eigenvalue weighted by atomic mass is 9.91. The maximum absolute atomic E-state index is 12.2. The van der Waals surface area contributed by atoms with Gasteiger partial charge in [-0.05, 0) is 25.8 Å². The van der Waals surface area contributed by atoms with Crippen LogP contribution in [0.4, 0.5) is 5.95 Å². The van der Waals surface area contributed by atoms with Gasteiger partial charge in [-0.1, -0.05) is 0 Å². The first kappa shape index (κ1) is 15.6. The van der Waals surface area contributed by atoms with Crippen molar-refractivity contribution in [2.75, 3.05) is 43.4 Å². The summed E-state index contributed by atoms with van der Waals surface area (Å²) in [6.45, 7) is 4.50. The molecule has 0 aromatic carbocycles. The molecular weight excluding hydrogens is 304 g/mol. The highest BCUT2D eigenvalue weighted by Gasteiger charge is 2.43. The van der Waals surface area contributed by atoms with Crippen molar-refractivity contribution in [3.05, 3.63) is 18.5 Å². The highest BCUT2D eigenvalue weighted by atomic mass is 32.2. The van der Waals surface area contributed by atoms with Crippen LogP contribution < -0.4 is 4.90 Å². The van der Waals surface area contributed by atoms with Crippen LogP contribution in [-0.4, -0.2) is 66.8 Å². The topological polar surface area (TPSA) is 75.6 Å². The molecule has 0 saturated carbocycles. The van der Waals surface area contributed by atoms with E-state index in [0.717, 1.165) is 19.4 Å². The molecule has 0 unspecified atom stereocenters. The molecule has 2 aliphatic heterocycles. The van der Waals surface area contributed by atoms with Gasteiger partial charge in [0.1, 0.15) is 0 Å². The number of anilines is 1. The second-order valence-electron chi connectivity index (χ2n) is 5.84. The Morgan fingerprint density at radius 2 is 2.05 bits per heavy atom. The third kappa shape index (κ3) is 3.09. The van der Waals surface area contributed by atoms with Gasteiger partial charge in [-0.15, -0.1) is 0 Å². The van der Waals surface area contributed by atoms with E-state index in [1.165, 1.54) is 0 Å². The average Bonchev–Trinajstić information content (AvgIpc) is 2.56. The summed E-state index contributed by atoms with van der Waals surface area (Å²) in [6, 6.07) is 1.79. The van der Waals surface area contributed by atoms with E-state index in [0.29, 0.717) is 32.2 Å². The van der Waals surface area contributed by atoms with Crippen LogP contribution in [0.3, 0.4) is 0 Å². The lowest BCUT2D eigenvalue weighted by Gasteiger charge is -2.47. The molecule has 3 heterocycles. The predicted octanol–water partition coefficient (Wildman–Crippen LogP) is 0.497. The summed E-state index contributed by atoms with van der Waals surface area (Å²) in [7, 11) is -3.18. The molecule has 1 aromatic heterocycles. The van der Waals surface area contributed by atoms with E-state index in [2.05, 4.69) is 14.9 Å². The fraction of sp³-hybridized carbons (Fsp3) is 0.714. The Hall–Kier alpha value is -1.25. The van der Waals surface area contributed by atoms with Crippen LogP contribution in [0.15, 0.2) is 18.5 Å². The van der Waals surface area contributed by atoms with Crippen molar-refractivity contribution in [2.24, 2.45) is 0 Å². The van der Waals surface area contributed by atoms with Crippen molar-refractivity contribution in [3.8, 4) is 0 Å². The minimum Gasteiger partial charge on any atom is -0.370 e. The zero-order chi connectivity index (χ0) is 15.6. The molecule has 1 spiro atoms. The van der Waals surface area contributed by atoms with Gasteiger partial charge in [0, 0.05) is 32.0 Å². The van der Waals surface area contributed by atoms with Gasteiger partial charge in [0.2, 0.25) is 16.0 Å². The maximum Gasteiger partial charge on any atom is 0.225 e. The van der Waals surface area contributed by atoms with Gasteiger partial charge in [-0.3, -0.25) is 0 Å². The number of sulfonamides is 1. The molecule has 122 valence electrons. The van der Waals surface area contributed by atoms with Crippen LogP contribution in [0.5, 0.6) is 0 Å². The predicted molar refractivity (Wildman–Crippen MR) is 83.2 cm³/mol.